The molecule has 5 heterocycles. The van der Waals surface area contributed by atoms with Crippen molar-refractivity contribution in [3.8, 4) is 27.6 Å². The highest BCUT2D eigenvalue weighted by molar-refractivity contribution is 7.13. The summed E-state index contributed by atoms with van der Waals surface area (Å²) in [6.45, 7) is 17.6. The van der Waals surface area contributed by atoms with E-state index in [0.717, 1.165) is 52.1 Å². The number of H-pyrrole nitrogens is 1. The lowest BCUT2D eigenvalue weighted by Crippen LogP contribution is -2.58. The predicted octanol–water partition coefficient (Wildman–Crippen LogP) is 8.91. The van der Waals surface area contributed by atoms with Crippen molar-refractivity contribution in [1.82, 2.24) is 50.9 Å². The third-order valence-corrected chi connectivity index (χ3v) is 16.1. The minimum atomic E-state index is -0.960. The lowest BCUT2D eigenvalue weighted by molar-refractivity contribution is -0.144. The second-order valence-electron chi connectivity index (χ2n) is 24.1. The predicted molar refractivity (Wildman–Crippen MR) is 328 cm³/mol. The molecule has 0 radical (unpaired) electrons. The second-order valence-corrected chi connectivity index (χ2v) is 25.0. The molecule has 2 saturated heterocycles. The molecular weight excluding hydrogens is 1110 g/mol. The van der Waals surface area contributed by atoms with Gasteiger partial charge in [-0.15, -0.1) is 11.3 Å². The molecule has 6 N–H and O–H groups in total. The molecule has 6 aromatic rings. The molecule has 460 valence electrons. The van der Waals surface area contributed by atoms with Crippen LogP contribution in [0.1, 0.15) is 132 Å². The third-order valence-electron chi connectivity index (χ3n) is 15.1. The third kappa shape index (κ3) is 17.9. The van der Waals surface area contributed by atoms with Crippen molar-refractivity contribution in [2.45, 2.75) is 142 Å². The summed E-state index contributed by atoms with van der Waals surface area (Å²) >= 11 is 1.57. The number of pyridine rings is 1. The molecule has 5 amide bonds. The van der Waals surface area contributed by atoms with Crippen LogP contribution in [0.3, 0.4) is 0 Å². The smallest absolute Gasteiger partial charge is 0.410 e. The first-order valence-electron chi connectivity index (χ1n) is 29.6. The number of β-amino-alcohol motifs (C(OH)–C–C–N with tert-alkyl or cyclic N) is 1. The Balaban J connectivity index is 0.710. The van der Waals surface area contributed by atoms with Gasteiger partial charge in [-0.05, 0) is 138 Å². The molecule has 3 aromatic carbocycles. The zero-order valence-electron chi connectivity index (χ0n) is 50.7. The van der Waals surface area contributed by atoms with Crippen molar-refractivity contribution in [2.24, 2.45) is 5.41 Å². The number of benzene rings is 3. The van der Waals surface area contributed by atoms with Crippen LogP contribution in [0, 0.1) is 12.3 Å². The van der Waals surface area contributed by atoms with E-state index in [4.69, 9.17) is 23.9 Å². The van der Waals surface area contributed by atoms with Crippen LogP contribution in [0.5, 0.6) is 5.75 Å². The molecule has 86 heavy (non-hydrogen) atoms. The zero-order chi connectivity index (χ0) is 61.4. The summed E-state index contributed by atoms with van der Waals surface area (Å²) in [5, 5.41) is 30.9. The van der Waals surface area contributed by atoms with E-state index in [1.165, 1.54) is 4.90 Å². The van der Waals surface area contributed by atoms with Gasteiger partial charge in [0.1, 0.15) is 35.6 Å². The topological polar surface area (TPSA) is 264 Å². The van der Waals surface area contributed by atoms with Crippen molar-refractivity contribution in [3.63, 3.8) is 0 Å². The van der Waals surface area contributed by atoms with Gasteiger partial charge in [0.05, 0.1) is 34.8 Å². The van der Waals surface area contributed by atoms with Gasteiger partial charge in [0.2, 0.25) is 17.7 Å². The van der Waals surface area contributed by atoms with Crippen LogP contribution in [-0.4, -0.2) is 146 Å². The van der Waals surface area contributed by atoms with Crippen LogP contribution < -0.4 is 26.0 Å². The lowest BCUT2D eigenvalue weighted by atomic mass is 9.85. The van der Waals surface area contributed by atoms with E-state index in [1.54, 1.807) is 34.7 Å². The molecule has 2 aliphatic rings. The van der Waals surface area contributed by atoms with Gasteiger partial charge in [-0.1, -0.05) is 63.2 Å². The SMILES string of the molecule is Cc1ncsc1-c1ccc(CNC(=O)[C@@H]2C[C@@H](O)CN2C(=O)[C@@H](NC(=O)COCCCOCCCCCOc2cccc([C@@H](C)NC(=O)c3cccc(NC4(c5nc(-c6ccncc6)n[nH]5)CCN(C(=O)OC(C)(C)C)CC4)c3)c2)C(C)(C)C)cc1. The normalized spacial score (nSPS) is 16.7. The van der Waals surface area contributed by atoms with Crippen LogP contribution in [0.15, 0.2) is 103 Å². The first-order valence-corrected chi connectivity index (χ1v) is 30.5. The maximum absolute atomic E-state index is 14.0. The number of likely N-dealkylation sites (tertiary alicyclic amines) is 2. The average molecular weight is 1200 g/mol. The Bertz CT molecular complexity index is 3210. The molecule has 0 bridgehead atoms. The number of carbonyl (C=O) groups excluding carboxylic acids is 5. The minimum absolute atomic E-state index is 0.0165. The largest absolute Gasteiger partial charge is 0.494 e. The summed E-state index contributed by atoms with van der Waals surface area (Å²) < 4.78 is 23.3. The number of rotatable bonds is 26. The molecule has 0 unspecified atom stereocenters. The van der Waals surface area contributed by atoms with Gasteiger partial charge in [-0.25, -0.2) is 14.8 Å². The number of hydrogen-bond donors (Lipinski definition) is 6. The van der Waals surface area contributed by atoms with Gasteiger partial charge in [0.15, 0.2) is 11.6 Å². The number of piperidine rings is 1. The van der Waals surface area contributed by atoms with Gasteiger partial charge >= 0.3 is 6.09 Å². The van der Waals surface area contributed by atoms with Gasteiger partial charge in [-0.3, -0.25) is 29.3 Å². The fourth-order valence-electron chi connectivity index (χ4n) is 10.4. The van der Waals surface area contributed by atoms with Crippen molar-refractivity contribution in [1.29, 1.82) is 0 Å². The van der Waals surface area contributed by atoms with Crippen LogP contribution in [0.2, 0.25) is 0 Å². The van der Waals surface area contributed by atoms with E-state index in [0.29, 0.717) is 80.8 Å². The number of hydrogen-bond acceptors (Lipinski definition) is 16. The number of aryl methyl sites for hydroxylation is 1. The first kappa shape index (κ1) is 64.2. The number of ether oxygens (including phenoxy) is 4. The number of nitrogens with one attached hydrogen (secondary N) is 5. The summed E-state index contributed by atoms with van der Waals surface area (Å²) in [5.74, 6) is 0.349. The molecule has 2 aliphatic heterocycles. The number of nitrogens with zero attached hydrogens (tertiary/aromatic N) is 6. The number of aliphatic hydroxyl groups excluding tert-OH is 1. The first-order chi connectivity index (χ1) is 41.1. The highest BCUT2D eigenvalue weighted by Crippen LogP contribution is 2.37. The number of unbranched alkanes of at least 4 members (excludes halogenated alkanes) is 2. The van der Waals surface area contributed by atoms with E-state index in [2.05, 4.69) is 41.4 Å². The summed E-state index contributed by atoms with van der Waals surface area (Å²) in [6.07, 6.45) is 6.38. The average Bonchev–Trinajstić information content (AvgIpc) is 4.46. The molecule has 22 heteroatoms. The highest BCUT2D eigenvalue weighted by Gasteiger charge is 2.45. The number of amides is 5. The molecule has 4 atom stereocenters. The van der Waals surface area contributed by atoms with Gasteiger partial charge in [-0.2, -0.15) is 5.10 Å². The molecule has 3 aromatic heterocycles. The fraction of sp³-hybridized carbons (Fsp3) is 0.484. The number of aliphatic hydroxyl groups is 1. The fourth-order valence-corrected chi connectivity index (χ4v) is 11.2. The van der Waals surface area contributed by atoms with Crippen LogP contribution in [0.4, 0.5) is 10.5 Å². The van der Waals surface area contributed by atoms with Crippen molar-refractivity contribution in [3.05, 3.63) is 131 Å². The molecule has 0 saturated carbocycles. The Hall–Kier alpha value is -7.79. The standard InChI is InChI=1S/C64H83N11O10S/c1-42(68-57(78)48-16-12-17-49(35-48)71-64(25-29-74(30-26-64)61(81)85-63(6,7)8)60-70-56(72-73-60)46-23-27-65-28-24-46)47-15-13-18-51(36-47)84-34-11-9-10-31-82-32-14-33-83-40-53(77)69-55(62(3,4)5)59(80)75-39-50(76)37-52(75)58(79)66-38-44-19-21-45(22-20-44)54-43(2)67-41-86-54/h12-13,15-24,27-28,35-36,41-42,50,52,55,71,76H,9-11,14,25-26,29-34,37-40H2,1-8H3,(H,66,79)(H,68,78)(H,69,77)(H,70,72,73)/t42-,50-,52+,55-/m1/s1. The number of aromatic nitrogens is 5. The van der Waals surface area contributed by atoms with Gasteiger partial charge < -0.3 is 55.1 Å². The van der Waals surface area contributed by atoms with Crippen molar-refractivity contribution < 1.29 is 48.0 Å². The summed E-state index contributed by atoms with van der Waals surface area (Å²) in [6, 6.07) is 24.5. The summed E-state index contributed by atoms with van der Waals surface area (Å²) in [7, 11) is 0. The Morgan fingerprint density at radius 3 is 2.28 bits per heavy atom. The highest BCUT2D eigenvalue weighted by atomic mass is 32.1. The Morgan fingerprint density at radius 2 is 1.56 bits per heavy atom. The minimum Gasteiger partial charge on any atom is -0.494 e. The molecule has 2 fully saturated rings. The Labute approximate surface area is 507 Å². The molecule has 0 aliphatic carbocycles. The van der Waals surface area contributed by atoms with Crippen LogP contribution >= 0.6 is 11.3 Å². The van der Waals surface area contributed by atoms with Gasteiger partial charge in [0, 0.05) is 81.6 Å². The summed E-state index contributed by atoms with van der Waals surface area (Å²) in [5.41, 5.74) is 5.55. The lowest BCUT2D eigenvalue weighted by Gasteiger charge is -2.41. The molecular formula is C64H83N11O10S. The van der Waals surface area contributed by atoms with Gasteiger partial charge in [0.25, 0.3) is 5.91 Å². The van der Waals surface area contributed by atoms with Crippen LogP contribution in [-0.2, 0) is 40.7 Å². The number of aromatic amines is 1. The Kier molecular flexibility index (Phi) is 22.1. The van der Waals surface area contributed by atoms with E-state index in [9.17, 15) is 29.1 Å². The van der Waals surface area contributed by atoms with E-state index in [1.807, 2.05) is 140 Å². The quantitative estimate of drug-likeness (QED) is 0.0277. The maximum Gasteiger partial charge on any atom is 0.410 e. The van der Waals surface area contributed by atoms with E-state index in [-0.39, 0.29) is 56.7 Å². The monoisotopic (exact) mass is 1200 g/mol. The second kappa shape index (κ2) is 29.5. The maximum atomic E-state index is 14.0. The van der Waals surface area contributed by atoms with Crippen molar-refractivity contribution >= 4 is 46.7 Å². The van der Waals surface area contributed by atoms with E-state index >= 15 is 0 Å². The number of anilines is 1. The van der Waals surface area contributed by atoms with Crippen LogP contribution in [0.25, 0.3) is 21.8 Å². The summed E-state index contributed by atoms with van der Waals surface area (Å²) in [4.78, 5) is 85.0. The molecule has 0 spiro atoms. The van der Waals surface area contributed by atoms with E-state index < -0.39 is 46.6 Å². The Morgan fingerprint density at radius 1 is 0.837 bits per heavy atom. The molecule has 21 nitrogen and oxygen atoms in total. The number of thiazole rings is 1. The zero-order valence-corrected chi connectivity index (χ0v) is 51.5. The van der Waals surface area contributed by atoms with Crippen molar-refractivity contribution in [2.75, 3.05) is 58.0 Å². The number of carbonyl (C=O) groups is 5. The molecule has 8 rings (SSSR count).